The molecule has 0 saturated heterocycles. The molecule has 0 radical (unpaired) electrons. The van der Waals surface area contributed by atoms with E-state index < -0.39 is 0 Å². The second-order valence-electron chi connectivity index (χ2n) is 3.55. The molecule has 2 N–H and O–H groups in total. The van der Waals surface area contributed by atoms with Crippen LogP contribution in [0, 0.1) is 0 Å². The Morgan fingerprint density at radius 2 is 2.08 bits per heavy atom. The van der Waals surface area contributed by atoms with Crippen LogP contribution in [0.4, 0.5) is 5.82 Å². The number of para-hydroxylation sites is 1. The fraction of sp³-hybridized carbons (Fsp3) is 0.273. The first-order valence-electron chi connectivity index (χ1n) is 4.78. The topological polar surface area (TPSA) is 27.8 Å². The van der Waals surface area contributed by atoms with Gasteiger partial charge in [-0.25, -0.2) is 0 Å². The average Bonchev–Trinajstić information content (AvgIpc) is 2.56. The number of aromatic amines is 1. The van der Waals surface area contributed by atoms with Gasteiger partial charge in [0.15, 0.2) is 0 Å². The number of benzene rings is 1. The van der Waals surface area contributed by atoms with Gasteiger partial charge < -0.3 is 10.3 Å². The number of aromatic nitrogens is 1. The van der Waals surface area contributed by atoms with E-state index in [1.807, 2.05) is 0 Å². The molecule has 0 aliphatic carbocycles. The van der Waals surface area contributed by atoms with E-state index in [-0.39, 0.29) is 0 Å². The van der Waals surface area contributed by atoms with E-state index in [9.17, 15) is 0 Å². The summed E-state index contributed by atoms with van der Waals surface area (Å²) < 4.78 is 0. The maximum atomic E-state index is 3.40. The lowest BCUT2D eigenvalue weighted by Crippen LogP contribution is -2.10. The number of hydrogen-bond acceptors (Lipinski definition) is 1. The van der Waals surface area contributed by atoms with Crippen molar-refractivity contribution in [2.75, 3.05) is 11.9 Å². The third kappa shape index (κ3) is 0.949. The van der Waals surface area contributed by atoms with Crippen molar-refractivity contribution in [2.45, 2.75) is 12.8 Å². The van der Waals surface area contributed by atoms with Gasteiger partial charge in [-0.2, -0.15) is 0 Å². The molecule has 2 nitrogen and oxygen atoms in total. The molecule has 0 bridgehead atoms. The van der Waals surface area contributed by atoms with Gasteiger partial charge in [-0.05, 0) is 18.9 Å². The first kappa shape index (κ1) is 7.01. The number of nitrogens with one attached hydrogen (secondary N) is 2. The smallest absolute Gasteiger partial charge is 0.107 e. The molecule has 0 unspecified atom stereocenters. The molecular formula is C11H12N2. The minimum absolute atomic E-state index is 1.10. The van der Waals surface area contributed by atoms with Crippen molar-refractivity contribution in [3.8, 4) is 0 Å². The maximum absolute atomic E-state index is 3.40. The number of hydrogen-bond donors (Lipinski definition) is 2. The highest BCUT2D eigenvalue weighted by Gasteiger charge is 2.13. The summed E-state index contributed by atoms with van der Waals surface area (Å²) in [5, 5.41) is 4.78. The Hall–Kier alpha value is -1.44. The maximum Gasteiger partial charge on any atom is 0.107 e. The summed E-state index contributed by atoms with van der Waals surface area (Å²) in [4.78, 5) is 3.40. The van der Waals surface area contributed by atoms with Gasteiger partial charge in [0.2, 0.25) is 0 Å². The second-order valence-corrected chi connectivity index (χ2v) is 3.55. The number of fused-ring (bicyclic) bond motifs is 3. The molecule has 13 heavy (non-hydrogen) atoms. The number of aryl methyl sites for hydroxylation is 1. The van der Waals surface area contributed by atoms with Crippen LogP contribution in [-0.2, 0) is 6.42 Å². The third-order valence-electron chi connectivity index (χ3n) is 2.72. The van der Waals surface area contributed by atoms with E-state index in [0.29, 0.717) is 0 Å². The Kier molecular flexibility index (Phi) is 1.36. The molecule has 1 aliphatic rings. The fourth-order valence-electron chi connectivity index (χ4n) is 2.09. The number of H-pyrrole nitrogens is 1. The van der Waals surface area contributed by atoms with Gasteiger partial charge in [-0.1, -0.05) is 18.2 Å². The quantitative estimate of drug-likeness (QED) is 0.628. The summed E-state index contributed by atoms with van der Waals surface area (Å²) >= 11 is 0. The Bertz CT molecular complexity index is 442. The van der Waals surface area contributed by atoms with Crippen molar-refractivity contribution in [1.29, 1.82) is 0 Å². The van der Waals surface area contributed by atoms with Crippen LogP contribution in [0.1, 0.15) is 12.0 Å². The summed E-state index contributed by atoms with van der Waals surface area (Å²) in [5.74, 6) is 1.23. The van der Waals surface area contributed by atoms with E-state index in [0.717, 1.165) is 6.54 Å². The molecule has 2 aromatic rings. The van der Waals surface area contributed by atoms with Crippen molar-refractivity contribution in [1.82, 2.24) is 4.98 Å². The fourth-order valence-corrected chi connectivity index (χ4v) is 2.09. The highest BCUT2D eigenvalue weighted by molar-refractivity contribution is 5.89. The lowest BCUT2D eigenvalue weighted by molar-refractivity contribution is 0.832. The molecule has 1 aliphatic heterocycles. The summed E-state index contributed by atoms with van der Waals surface area (Å²) in [7, 11) is 0. The zero-order valence-electron chi connectivity index (χ0n) is 7.43. The normalized spacial score (nSPS) is 15.4. The predicted molar refractivity (Wildman–Crippen MR) is 55.1 cm³/mol. The van der Waals surface area contributed by atoms with Crippen LogP contribution >= 0.6 is 0 Å². The van der Waals surface area contributed by atoms with Crippen LogP contribution < -0.4 is 5.32 Å². The predicted octanol–water partition coefficient (Wildman–Crippen LogP) is 2.53. The Morgan fingerprint density at radius 1 is 1.15 bits per heavy atom. The van der Waals surface area contributed by atoms with E-state index in [2.05, 4.69) is 34.6 Å². The van der Waals surface area contributed by atoms with Crippen LogP contribution in [0.25, 0.3) is 10.9 Å². The molecule has 0 amide bonds. The standard InChI is InChI=1S/C11H12N2/c1-2-6-10-8(4-1)9-5-3-7-12-11(9)13-10/h1-2,4,6,12-13H,3,5,7H2. The average molecular weight is 172 g/mol. The number of anilines is 1. The van der Waals surface area contributed by atoms with Crippen molar-refractivity contribution in [2.24, 2.45) is 0 Å². The lowest BCUT2D eigenvalue weighted by atomic mass is 10.1. The molecule has 0 atom stereocenters. The molecule has 0 spiro atoms. The van der Waals surface area contributed by atoms with E-state index >= 15 is 0 Å². The second kappa shape index (κ2) is 2.52. The SMILES string of the molecule is c1ccc2c3c([nH]c2c1)NCCC3. The Labute approximate surface area is 77.0 Å². The van der Waals surface area contributed by atoms with Crippen LogP contribution in [-0.4, -0.2) is 11.5 Å². The van der Waals surface area contributed by atoms with Crippen molar-refractivity contribution < 1.29 is 0 Å². The summed E-state index contributed by atoms with van der Waals surface area (Å²) in [6, 6.07) is 8.50. The Morgan fingerprint density at radius 3 is 3.08 bits per heavy atom. The van der Waals surface area contributed by atoms with Gasteiger partial charge in [-0.15, -0.1) is 0 Å². The van der Waals surface area contributed by atoms with Crippen molar-refractivity contribution >= 4 is 16.7 Å². The van der Waals surface area contributed by atoms with Crippen LogP contribution in [0.2, 0.25) is 0 Å². The van der Waals surface area contributed by atoms with Gasteiger partial charge in [0.1, 0.15) is 5.82 Å². The minimum atomic E-state index is 1.10. The Balaban J connectivity index is 2.34. The molecule has 2 heteroatoms. The van der Waals surface area contributed by atoms with Crippen molar-refractivity contribution in [3.05, 3.63) is 29.8 Å². The molecule has 3 rings (SSSR count). The number of rotatable bonds is 0. The summed E-state index contributed by atoms with van der Waals surface area (Å²) in [5.41, 5.74) is 2.71. The van der Waals surface area contributed by atoms with Gasteiger partial charge in [0.25, 0.3) is 0 Å². The van der Waals surface area contributed by atoms with E-state index in [1.165, 1.54) is 35.1 Å². The van der Waals surface area contributed by atoms with Crippen LogP contribution in [0.5, 0.6) is 0 Å². The van der Waals surface area contributed by atoms with Gasteiger partial charge in [-0.3, -0.25) is 0 Å². The summed E-state index contributed by atoms with van der Waals surface area (Å²) in [6.07, 6.45) is 2.45. The van der Waals surface area contributed by atoms with Crippen molar-refractivity contribution in [3.63, 3.8) is 0 Å². The largest absolute Gasteiger partial charge is 0.371 e. The van der Waals surface area contributed by atoms with Crippen LogP contribution in [0.3, 0.4) is 0 Å². The monoisotopic (exact) mass is 172 g/mol. The molecule has 66 valence electrons. The summed E-state index contributed by atoms with van der Waals surface area (Å²) in [6.45, 7) is 1.10. The van der Waals surface area contributed by atoms with Crippen LogP contribution in [0.15, 0.2) is 24.3 Å². The lowest BCUT2D eigenvalue weighted by Gasteiger charge is -2.12. The first-order chi connectivity index (χ1) is 6.45. The van der Waals surface area contributed by atoms with E-state index in [4.69, 9.17) is 0 Å². The van der Waals surface area contributed by atoms with Gasteiger partial charge in [0.05, 0.1) is 0 Å². The minimum Gasteiger partial charge on any atom is -0.371 e. The molecule has 1 aromatic carbocycles. The molecular weight excluding hydrogens is 160 g/mol. The molecule has 0 fully saturated rings. The molecule has 2 heterocycles. The van der Waals surface area contributed by atoms with Gasteiger partial charge >= 0.3 is 0 Å². The van der Waals surface area contributed by atoms with Gasteiger partial charge in [0, 0.05) is 23.0 Å². The highest BCUT2D eigenvalue weighted by Crippen LogP contribution is 2.29. The van der Waals surface area contributed by atoms with E-state index in [1.54, 1.807) is 0 Å². The first-order valence-corrected chi connectivity index (χ1v) is 4.78. The zero-order chi connectivity index (χ0) is 8.67. The molecule has 0 saturated carbocycles. The molecule has 1 aromatic heterocycles. The zero-order valence-corrected chi connectivity index (χ0v) is 7.43. The highest BCUT2D eigenvalue weighted by atomic mass is 15.0. The third-order valence-corrected chi connectivity index (χ3v) is 2.72.